The van der Waals surface area contributed by atoms with Crippen molar-refractivity contribution >= 4 is 23.9 Å². The fraction of sp³-hybridized carbons (Fsp3) is 0.576. The number of allylic oxidation sites excluding steroid dienone is 2. The number of aliphatic hydroxyl groups is 2. The van der Waals surface area contributed by atoms with Crippen LogP contribution < -0.4 is 0 Å². The van der Waals surface area contributed by atoms with Crippen molar-refractivity contribution in [2.24, 2.45) is 17.8 Å². The van der Waals surface area contributed by atoms with Gasteiger partial charge in [-0.3, -0.25) is 0 Å². The average molecular weight is 633 g/mol. The monoisotopic (exact) mass is 632 g/mol. The number of benzene rings is 1. The number of hydrogen-bond acceptors (Lipinski definition) is 9. The van der Waals surface area contributed by atoms with Crippen molar-refractivity contribution < 1.29 is 58.9 Å². The molecule has 0 aromatic heterocycles. The van der Waals surface area contributed by atoms with E-state index in [1.165, 1.54) is 6.08 Å². The first kappa shape index (κ1) is 35.9. The van der Waals surface area contributed by atoms with Crippen LogP contribution in [0, 0.1) is 17.8 Å². The number of fused-ring (bicyclic) bond motifs is 2. The Morgan fingerprint density at radius 3 is 2.24 bits per heavy atom. The van der Waals surface area contributed by atoms with Crippen LogP contribution in [0.15, 0.2) is 54.6 Å². The maximum absolute atomic E-state index is 12.9. The third kappa shape index (κ3) is 7.14. The van der Waals surface area contributed by atoms with Crippen LogP contribution in [-0.4, -0.2) is 84.7 Å². The van der Waals surface area contributed by atoms with Crippen LogP contribution in [-0.2, 0) is 39.8 Å². The minimum Gasteiger partial charge on any atom is -0.479 e. The largest absolute Gasteiger partial charge is 0.479 e. The first-order valence-corrected chi connectivity index (χ1v) is 15.1. The third-order valence-corrected chi connectivity index (χ3v) is 8.77. The summed E-state index contributed by atoms with van der Waals surface area (Å²) >= 11 is 0. The summed E-state index contributed by atoms with van der Waals surface area (Å²) in [5, 5.41) is 53.1. The number of aliphatic carboxylic acids is 3. The van der Waals surface area contributed by atoms with Crippen LogP contribution in [0.3, 0.4) is 0 Å². The zero-order valence-electron chi connectivity index (χ0n) is 26.0. The second-order valence-electron chi connectivity index (χ2n) is 12.5. The quantitative estimate of drug-likeness (QED) is 0.101. The van der Waals surface area contributed by atoms with E-state index < -0.39 is 59.2 Å². The summed E-state index contributed by atoms with van der Waals surface area (Å²) in [5.74, 6) is -9.73. The van der Waals surface area contributed by atoms with Gasteiger partial charge in [0.05, 0.1) is 0 Å². The van der Waals surface area contributed by atoms with Crippen LogP contribution in [0.1, 0.15) is 65.4 Å². The van der Waals surface area contributed by atoms with E-state index in [1.807, 2.05) is 58.0 Å². The highest BCUT2D eigenvalue weighted by Gasteiger charge is 2.85. The summed E-state index contributed by atoms with van der Waals surface area (Å²) in [5.41, 5.74) is -5.52. The molecule has 3 rings (SSSR count). The molecule has 4 unspecified atom stereocenters. The van der Waals surface area contributed by atoms with Crippen molar-refractivity contribution in [1.82, 2.24) is 0 Å². The molecular weight excluding hydrogens is 588 g/mol. The van der Waals surface area contributed by atoms with E-state index in [-0.39, 0.29) is 24.7 Å². The molecule has 0 spiro atoms. The van der Waals surface area contributed by atoms with Gasteiger partial charge in [0.2, 0.25) is 23.1 Å². The van der Waals surface area contributed by atoms with E-state index in [0.717, 1.165) is 30.9 Å². The Morgan fingerprint density at radius 1 is 1.04 bits per heavy atom. The smallest absolute Gasteiger partial charge is 0.344 e. The number of carbonyl (C=O) groups is 4. The number of ether oxygens (including phenoxy) is 3. The lowest BCUT2D eigenvalue weighted by Gasteiger charge is -2.48. The molecule has 2 fully saturated rings. The Balaban J connectivity index is 1.93. The van der Waals surface area contributed by atoms with Crippen LogP contribution in [0.2, 0.25) is 0 Å². The first-order chi connectivity index (χ1) is 21.0. The van der Waals surface area contributed by atoms with Gasteiger partial charge >= 0.3 is 23.9 Å². The van der Waals surface area contributed by atoms with Gasteiger partial charge in [0.15, 0.2) is 6.10 Å². The molecule has 9 atom stereocenters. The lowest BCUT2D eigenvalue weighted by atomic mass is 9.74. The summed E-state index contributed by atoms with van der Waals surface area (Å²) in [6.45, 7) is 12.0. The standard InChI is InChI=1S/C33H44O12/c1-6-19(2)16-20(3)12-13-24(34)43-26-25(35)31(15-14-21(4)17-22(5)18-23-10-8-7-9-11-23)44-27(28(36)37)32(42,29(38)39)33(26,45-31)30(40)41/h7-13,19-20,22,25-27,35,42H,4,6,14-18H2,1-3,5H3,(H,36,37)(H,38,39)(H,40,41)/b13-12+/t19-,20+,22-,25+,26+,27?,31?,32?,33?/m0/s1. The second kappa shape index (κ2) is 14.2. The van der Waals surface area contributed by atoms with E-state index in [4.69, 9.17) is 14.2 Å². The maximum Gasteiger partial charge on any atom is 0.344 e. The van der Waals surface area contributed by atoms with Crippen molar-refractivity contribution in [2.75, 3.05) is 0 Å². The van der Waals surface area contributed by atoms with E-state index in [0.29, 0.717) is 17.9 Å². The summed E-state index contributed by atoms with van der Waals surface area (Å²) in [6.07, 6.45) is -2.21. The molecule has 45 heavy (non-hydrogen) atoms. The predicted octanol–water partition coefficient (Wildman–Crippen LogP) is 3.34. The Morgan fingerprint density at radius 2 is 1.69 bits per heavy atom. The fourth-order valence-corrected chi connectivity index (χ4v) is 6.27. The maximum atomic E-state index is 12.9. The number of rotatable bonds is 16. The zero-order valence-corrected chi connectivity index (χ0v) is 26.0. The van der Waals surface area contributed by atoms with Gasteiger partial charge in [-0.2, -0.15) is 0 Å². The van der Waals surface area contributed by atoms with E-state index >= 15 is 0 Å². The van der Waals surface area contributed by atoms with Gasteiger partial charge in [-0.25, -0.2) is 19.2 Å². The van der Waals surface area contributed by atoms with E-state index in [9.17, 15) is 44.7 Å². The van der Waals surface area contributed by atoms with Gasteiger partial charge in [-0.05, 0) is 49.0 Å². The van der Waals surface area contributed by atoms with Gasteiger partial charge in [0, 0.05) is 12.5 Å². The Kier molecular flexibility index (Phi) is 11.4. The van der Waals surface area contributed by atoms with Crippen LogP contribution >= 0.6 is 0 Å². The van der Waals surface area contributed by atoms with Gasteiger partial charge < -0.3 is 39.7 Å². The molecule has 0 saturated carbocycles. The topological polar surface area (TPSA) is 197 Å². The molecule has 1 aromatic carbocycles. The molecule has 0 radical (unpaired) electrons. The molecule has 2 heterocycles. The van der Waals surface area contributed by atoms with Crippen molar-refractivity contribution in [1.29, 1.82) is 0 Å². The minimum absolute atomic E-state index is 0.0391. The van der Waals surface area contributed by atoms with Crippen LogP contribution in [0.25, 0.3) is 0 Å². The number of hydrogen-bond donors (Lipinski definition) is 5. The summed E-state index contributed by atoms with van der Waals surface area (Å²) in [6, 6.07) is 9.73. The van der Waals surface area contributed by atoms with Crippen molar-refractivity contribution in [3.05, 3.63) is 60.2 Å². The van der Waals surface area contributed by atoms with Gasteiger partial charge in [-0.15, -0.1) is 0 Å². The molecule has 12 heteroatoms. The zero-order chi connectivity index (χ0) is 33.7. The molecule has 1 aromatic rings. The summed E-state index contributed by atoms with van der Waals surface area (Å²) in [4.78, 5) is 50.5. The molecule has 0 amide bonds. The fourth-order valence-electron chi connectivity index (χ4n) is 6.27. The number of carboxylic acid groups (broad SMARTS) is 3. The highest BCUT2D eigenvalue weighted by atomic mass is 16.8. The molecule has 2 saturated heterocycles. The Hall–Kier alpha value is -3.58. The Bertz CT molecular complexity index is 1290. The Labute approximate surface area is 262 Å². The SMILES string of the molecule is C=C(CCC12OC(C(=O)O)C(O)(C(=O)O)C(C(=O)O)(O1)[C@H](OC(=O)/C=C/[C@@H](C)C[C@@H](C)CC)[C@H]2O)C[C@H](C)Cc1ccccc1. The lowest BCUT2D eigenvalue weighted by molar-refractivity contribution is -0.374. The molecule has 0 aliphatic carbocycles. The molecule has 12 nitrogen and oxygen atoms in total. The lowest BCUT2D eigenvalue weighted by Crippen LogP contribution is -2.78. The summed E-state index contributed by atoms with van der Waals surface area (Å²) < 4.78 is 16.5. The van der Waals surface area contributed by atoms with Crippen LogP contribution in [0.4, 0.5) is 0 Å². The highest BCUT2D eigenvalue weighted by Crippen LogP contribution is 2.55. The molecule has 248 valence electrons. The number of aliphatic hydroxyl groups excluding tert-OH is 1. The van der Waals surface area contributed by atoms with Crippen molar-refractivity contribution in [3.63, 3.8) is 0 Å². The summed E-state index contributed by atoms with van der Waals surface area (Å²) in [7, 11) is 0. The van der Waals surface area contributed by atoms with Gasteiger partial charge in [0.25, 0.3) is 0 Å². The highest BCUT2D eigenvalue weighted by molar-refractivity contribution is 5.98. The molecule has 2 aliphatic heterocycles. The van der Waals surface area contributed by atoms with Gasteiger partial charge in [0.1, 0.15) is 6.10 Å². The molecular formula is C33H44O12. The molecule has 2 aliphatic rings. The van der Waals surface area contributed by atoms with Gasteiger partial charge in [-0.1, -0.05) is 82.7 Å². The molecule has 5 N–H and O–H groups in total. The number of carbonyl (C=O) groups excluding carboxylic acids is 1. The van der Waals surface area contributed by atoms with E-state index in [1.54, 1.807) is 0 Å². The van der Waals surface area contributed by atoms with Crippen LogP contribution in [0.5, 0.6) is 0 Å². The average Bonchev–Trinajstić information content (AvgIpc) is 3.19. The van der Waals surface area contributed by atoms with Crippen molar-refractivity contribution in [3.8, 4) is 0 Å². The van der Waals surface area contributed by atoms with E-state index in [2.05, 4.69) is 6.58 Å². The predicted molar refractivity (Wildman–Crippen MR) is 160 cm³/mol. The first-order valence-electron chi connectivity index (χ1n) is 15.1. The normalized spacial score (nSPS) is 31.2. The second-order valence-corrected chi connectivity index (χ2v) is 12.5. The third-order valence-electron chi connectivity index (χ3n) is 8.77. The van der Waals surface area contributed by atoms with Crippen molar-refractivity contribution in [2.45, 2.75) is 102 Å². The number of carboxylic acids is 3. The number of esters is 1. The molecule has 2 bridgehead atoms. The minimum atomic E-state index is -3.81.